The lowest BCUT2D eigenvalue weighted by Crippen LogP contribution is -2.14. The van der Waals surface area contributed by atoms with Crippen LogP contribution in [0, 0.1) is 13.8 Å². The van der Waals surface area contributed by atoms with Gasteiger partial charge >= 0.3 is 0 Å². The van der Waals surface area contributed by atoms with Crippen LogP contribution in [-0.2, 0) is 0 Å². The number of nitrogens with zero attached hydrogens (tertiary/aromatic N) is 4. The van der Waals surface area contributed by atoms with Crippen LogP contribution >= 0.6 is 0 Å². The number of rotatable bonds is 2. The van der Waals surface area contributed by atoms with E-state index in [-0.39, 0.29) is 5.84 Å². The molecule has 0 aliphatic rings. The molecule has 0 bridgehead atoms. The molecule has 2 aromatic rings. The summed E-state index contributed by atoms with van der Waals surface area (Å²) in [5.74, 6) is 0.695. The van der Waals surface area contributed by atoms with Crippen molar-refractivity contribution in [1.29, 1.82) is 0 Å². The molecule has 0 amide bonds. The molecule has 0 saturated heterocycles. The fourth-order valence-corrected chi connectivity index (χ4v) is 1.52. The van der Waals surface area contributed by atoms with E-state index in [0.717, 1.165) is 11.4 Å². The van der Waals surface area contributed by atoms with Gasteiger partial charge in [-0.25, -0.2) is 9.67 Å². The first-order valence-electron chi connectivity index (χ1n) is 5.09. The summed E-state index contributed by atoms with van der Waals surface area (Å²) in [6.07, 6.45) is 1.81. The van der Waals surface area contributed by atoms with E-state index in [9.17, 15) is 0 Å². The zero-order chi connectivity index (χ0) is 12.4. The van der Waals surface area contributed by atoms with E-state index in [1.165, 1.54) is 0 Å². The highest BCUT2D eigenvalue weighted by molar-refractivity contribution is 5.97. The Morgan fingerprint density at radius 2 is 2.12 bits per heavy atom. The predicted octanol–water partition coefficient (Wildman–Crippen LogP) is 0.979. The lowest BCUT2D eigenvalue weighted by atomic mass is 10.2. The highest BCUT2D eigenvalue weighted by Gasteiger charge is 2.06. The minimum Gasteiger partial charge on any atom is -0.409 e. The Hall–Kier alpha value is -2.37. The first-order chi connectivity index (χ1) is 8.10. The summed E-state index contributed by atoms with van der Waals surface area (Å²) in [4.78, 5) is 4.34. The minimum atomic E-state index is 0.0561. The molecule has 0 spiro atoms. The van der Waals surface area contributed by atoms with Gasteiger partial charge in [-0.2, -0.15) is 5.10 Å². The van der Waals surface area contributed by atoms with Crippen molar-refractivity contribution in [2.75, 3.05) is 0 Å². The van der Waals surface area contributed by atoms with Crippen molar-refractivity contribution in [3.05, 3.63) is 41.3 Å². The molecule has 0 aliphatic carbocycles. The normalized spacial score (nSPS) is 11.8. The number of amidine groups is 1. The first-order valence-corrected chi connectivity index (χ1v) is 5.09. The summed E-state index contributed by atoms with van der Waals surface area (Å²) in [5.41, 5.74) is 7.85. The maximum atomic E-state index is 8.66. The van der Waals surface area contributed by atoms with E-state index >= 15 is 0 Å². The molecule has 88 valence electrons. The molecule has 2 heterocycles. The molecular weight excluding hydrogens is 218 g/mol. The smallest absolute Gasteiger partial charge is 0.170 e. The number of hydrogen-bond acceptors (Lipinski definition) is 4. The lowest BCUT2D eigenvalue weighted by Gasteiger charge is -2.05. The van der Waals surface area contributed by atoms with Gasteiger partial charge in [0.25, 0.3) is 0 Å². The topological polar surface area (TPSA) is 89.3 Å². The van der Waals surface area contributed by atoms with Crippen LogP contribution in [0.1, 0.15) is 17.0 Å². The average Bonchev–Trinajstić information content (AvgIpc) is 2.74. The SMILES string of the molecule is Cc1cc(/C(N)=N/O)cc(-n2ccc(C)n2)n1. The summed E-state index contributed by atoms with van der Waals surface area (Å²) in [6.45, 7) is 3.74. The zero-order valence-corrected chi connectivity index (χ0v) is 9.62. The number of hydrogen-bond donors (Lipinski definition) is 2. The van der Waals surface area contributed by atoms with E-state index in [1.807, 2.05) is 26.1 Å². The molecule has 6 heteroatoms. The second-order valence-corrected chi connectivity index (χ2v) is 3.74. The zero-order valence-electron chi connectivity index (χ0n) is 9.62. The van der Waals surface area contributed by atoms with Gasteiger partial charge in [0.05, 0.1) is 5.69 Å². The number of pyridine rings is 1. The Bertz CT molecular complexity index is 573. The van der Waals surface area contributed by atoms with Gasteiger partial charge in [0, 0.05) is 17.5 Å². The van der Waals surface area contributed by atoms with E-state index < -0.39 is 0 Å². The predicted molar refractivity (Wildman–Crippen MR) is 63.3 cm³/mol. The van der Waals surface area contributed by atoms with Gasteiger partial charge in [0.2, 0.25) is 0 Å². The lowest BCUT2D eigenvalue weighted by molar-refractivity contribution is 0.318. The molecule has 0 atom stereocenters. The van der Waals surface area contributed by atoms with Gasteiger partial charge in [-0.15, -0.1) is 0 Å². The molecule has 0 aromatic carbocycles. The summed E-state index contributed by atoms with van der Waals surface area (Å²) in [7, 11) is 0. The fourth-order valence-electron chi connectivity index (χ4n) is 1.52. The monoisotopic (exact) mass is 231 g/mol. The van der Waals surface area contributed by atoms with Crippen LogP contribution in [-0.4, -0.2) is 25.8 Å². The minimum absolute atomic E-state index is 0.0561. The van der Waals surface area contributed by atoms with Crippen LogP contribution in [0.25, 0.3) is 5.82 Å². The maximum absolute atomic E-state index is 8.66. The van der Waals surface area contributed by atoms with Crippen LogP contribution < -0.4 is 5.73 Å². The molecule has 2 rings (SSSR count). The van der Waals surface area contributed by atoms with Crippen LogP contribution in [0.4, 0.5) is 0 Å². The first kappa shape index (κ1) is 11.1. The summed E-state index contributed by atoms with van der Waals surface area (Å²) < 4.78 is 1.65. The average molecular weight is 231 g/mol. The highest BCUT2D eigenvalue weighted by Crippen LogP contribution is 2.10. The van der Waals surface area contributed by atoms with Gasteiger partial charge in [-0.3, -0.25) is 0 Å². The summed E-state index contributed by atoms with van der Waals surface area (Å²) in [5, 5.41) is 15.9. The molecule has 2 aromatic heterocycles. The standard InChI is InChI=1S/C11H13N5O/c1-7-3-4-16(14-7)10-6-9(11(12)15-17)5-8(2)13-10/h3-6,17H,1-2H3,(H2,12,15). The molecule has 0 unspecified atom stereocenters. The molecule has 0 fully saturated rings. The Morgan fingerprint density at radius 3 is 2.71 bits per heavy atom. The van der Waals surface area contributed by atoms with E-state index in [1.54, 1.807) is 16.8 Å². The Balaban J connectivity index is 2.52. The van der Waals surface area contributed by atoms with Crippen molar-refractivity contribution in [2.24, 2.45) is 10.9 Å². The summed E-state index contributed by atoms with van der Waals surface area (Å²) in [6, 6.07) is 5.34. The van der Waals surface area contributed by atoms with Gasteiger partial charge in [-0.1, -0.05) is 5.16 Å². The number of oxime groups is 1. The Kier molecular flexibility index (Phi) is 2.78. The largest absolute Gasteiger partial charge is 0.409 e. The van der Waals surface area contributed by atoms with E-state index in [0.29, 0.717) is 11.4 Å². The third-order valence-electron chi connectivity index (χ3n) is 2.30. The third-order valence-corrected chi connectivity index (χ3v) is 2.30. The second-order valence-electron chi connectivity index (χ2n) is 3.74. The Labute approximate surface area is 98.4 Å². The fraction of sp³-hybridized carbons (Fsp3) is 0.182. The molecule has 0 radical (unpaired) electrons. The van der Waals surface area contributed by atoms with Gasteiger partial charge in [-0.05, 0) is 32.0 Å². The summed E-state index contributed by atoms with van der Waals surface area (Å²) >= 11 is 0. The quantitative estimate of drug-likeness (QED) is 0.349. The van der Waals surface area contributed by atoms with Crippen molar-refractivity contribution in [2.45, 2.75) is 13.8 Å². The van der Waals surface area contributed by atoms with Crippen LogP contribution in [0.5, 0.6) is 0 Å². The van der Waals surface area contributed by atoms with E-state index in [4.69, 9.17) is 10.9 Å². The van der Waals surface area contributed by atoms with Crippen LogP contribution in [0.3, 0.4) is 0 Å². The molecule has 3 N–H and O–H groups in total. The molecule has 17 heavy (non-hydrogen) atoms. The van der Waals surface area contributed by atoms with Crippen LogP contribution in [0.2, 0.25) is 0 Å². The molecule has 6 nitrogen and oxygen atoms in total. The Morgan fingerprint density at radius 1 is 1.35 bits per heavy atom. The molecular formula is C11H13N5O. The van der Waals surface area contributed by atoms with Crippen molar-refractivity contribution >= 4 is 5.84 Å². The molecule has 0 saturated carbocycles. The number of aromatic nitrogens is 3. The number of nitrogens with two attached hydrogens (primary N) is 1. The van der Waals surface area contributed by atoms with Gasteiger partial charge < -0.3 is 10.9 Å². The second kappa shape index (κ2) is 4.25. The van der Waals surface area contributed by atoms with Crippen molar-refractivity contribution < 1.29 is 5.21 Å². The van der Waals surface area contributed by atoms with Crippen molar-refractivity contribution in [1.82, 2.24) is 14.8 Å². The van der Waals surface area contributed by atoms with Crippen molar-refractivity contribution in [3.63, 3.8) is 0 Å². The number of aryl methyl sites for hydroxylation is 2. The third kappa shape index (κ3) is 2.25. The highest BCUT2D eigenvalue weighted by atomic mass is 16.4. The van der Waals surface area contributed by atoms with Gasteiger partial charge in [0.1, 0.15) is 0 Å². The van der Waals surface area contributed by atoms with Gasteiger partial charge in [0.15, 0.2) is 11.7 Å². The van der Waals surface area contributed by atoms with E-state index in [2.05, 4.69) is 15.2 Å². The maximum Gasteiger partial charge on any atom is 0.170 e. The van der Waals surface area contributed by atoms with Crippen molar-refractivity contribution in [3.8, 4) is 5.82 Å². The van der Waals surface area contributed by atoms with Crippen LogP contribution in [0.15, 0.2) is 29.6 Å². The molecule has 0 aliphatic heterocycles.